The number of hydrogen-bond donors (Lipinski definition) is 1. The summed E-state index contributed by atoms with van der Waals surface area (Å²) in [5, 5.41) is 0. The van der Waals surface area contributed by atoms with Gasteiger partial charge in [0.15, 0.2) is 0 Å². The first kappa shape index (κ1) is 21.0. The number of carbonyl (C=O) groups is 1. The van der Waals surface area contributed by atoms with E-state index in [0.717, 1.165) is 32.0 Å². The summed E-state index contributed by atoms with van der Waals surface area (Å²) < 4.78 is 0. The molecule has 2 aliphatic heterocycles. The topological polar surface area (TPSA) is 49.6 Å². The average molecular weight is 340 g/mol. The van der Waals surface area contributed by atoms with E-state index in [4.69, 9.17) is 5.73 Å². The van der Waals surface area contributed by atoms with E-state index in [9.17, 15) is 4.79 Å². The van der Waals surface area contributed by atoms with Gasteiger partial charge in [0.2, 0.25) is 5.91 Å². The molecular formula is C15H31Cl2N3O. The van der Waals surface area contributed by atoms with Gasteiger partial charge in [-0.25, -0.2) is 0 Å². The Morgan fingerprint density at radius 1 is 1.19 bits per heavy atom. The first-order valence-corrected chi connectivity index (χ1v) is 7.83. The molecular weight excluding hydrogens is 309 g/mol. The number of likely N-dealkylation sites (tertiary alicyclic amines) is 2. The molecule has 2 atom stereocenters. The number of amides is 1. The van der Waals surface area contributed by atoms with Crippen molar-refractivity contribution in [2.45, 2.75) is 45.6 Å². The summed E-state index contributed by atoms with van der Waals surface area (Å²) in [5.74, 6) is 1.65. The summed E-state index contributed by atoms with van der Waals surface area (Å²) in [5.41, 5.74) is 5.71. The van der Waals surface area contributed by atoms with E-state index >= 15 is 0 Å². The molecule has 0 aliphatic carbocycles. The first-order valence-electron chi connectivity index (χ1n) is 7.83. The monoisotopic (exact) mass is 339 g/mol. The van der Waals surface area contributed by atoms with Crippen LogP contribution < -0.4 is 5.73 Å². The molecule has 0 saturated carbocycles. The molecule has 0 aromatic rings. The highest BCUT2D eigenvalue weighted by Crippen LogP contribution is 2.22. The molecule has 2 heterocycles. The van der Waals surface area contributed by atoms with Crippen LogP contribution in [0.2, 0.25) is 0 Å². The maximum absolute atomic E-state index is 12.0. The lowest BCUT2D eigenvalue weighted by atomic mass is 9.94. The Labute approximate surface area is 141 Å². The largest absolute Gasteiger partial charge is 0.341 e. The third-order valence-corrected chi connectivity index (χ3v) is 4.61. The van der Waals surface area contributed by atoms with E-state index in [1.54, 1.807) is 6.92 Å². The van der Waals surface area contributed by atoms with Gasteiger partial charge in [0, 0.05) is 19.6 Å². The van der Waals surface area contributed by atoms with Crippen molar-refractivity contribution < 1.29 is 4.79 Å². The lowest BCUT2D eigenvalue weighted by Crippen LogP contribution is -2.49. The Morgan fingerprint density at radius 2 is 1.81 bits per heavy atom. The third kappa shape index (κ3) is 6.31. The van der Waals surface area contributed by atoms with Crippen molar-refractivity contribution in [1.29, 1.82) is 0 Å². The first-order chi connectivity index (χ1) is 9.06. The fourth-order valence-corrected chi connectivity index (χ4v) is 3.31. The van der Waals surface area contributed by atoms with Gasteiger partial charge in [-0.2, -0.15) is 0 Å². The van der Waals surface area contributed by atoms with E-state index in [2.05, 4.69) is 11.8 Å². The molecule has 1 unspecified atom stereocenters. The SMILES string of the molecule is CC1CCN(CC2CCCN(C(=O)[C@@H](C)N)C2)CC1.Cl.Cl. The Bertz CT molecular complexity index is 307. The van der Waals surface area contributed by atoms with Crippen LogP contribution in [0.1, 0.15) is 39.5 Å². The minimum atomic E-state index is -0.352. The van der Waals surface area contributed by atoms with Gasteiger partial charge in [-0.1, -0.05) is 6.92 Å². The number of piperidine rings is 2. The zero-order valence-electron chi connectivity index (χ0n) is 13.3. The Kier molecular flexibility index (Phi) is 9.87. The average Bonchev–Trinajstić information content (AvgIpc) is 2.41. The highest BCUT2D eigenvalue weighted by Gasteiger charge is 2.27. The predicted octanol–water partition coefficient (Wildman–Crippen LogP) is 2.15. The zero-order chi connectivity index (χ0) is 13.8. The van der Waals surface area contributed by atoms with Crippen molar-refractivity contribution in [3.8, 4) is 0 Å². The highest BCUT2D eigenvalue weighted by atomic mass is 35.5. The van der Waals surface area contributed by atoms with Crippen molar-refractivity contribution in [3.63, 3.8) is 0 Å². The molecule has 0 aromatic heterocycles. The van der Waals surface area contributed by atoms with Gasteiger partial charge < -0.3 is 15.5 Å². The third-order valence-electron chi connectivity index (χ3n) is 4.61. The van der Waals surface area contributed by atoms with Crippen LogP contribution in [0.5, 0.6) is 0 Å². The van der Waals surface area contributed by atoms with Gasteiger partial charge in [0.25, 0.3) is 0 Å². The molecule has 2 aliphatic rings. The summed E-state index contributed by atoms with van der Waals surface area (Å²) in [4.78, 5) is 16.5. The molecule has 21 heavy (non-hydrogen) atoms. The fraction of sp³-hybridized carbons (Fsp3) is 0.933. The molecule has 2 N–H and O–H groups in total. The van der Waals surface area contributed by atoms with Crippen LogP contribution >= 0.6 is 24.8 Å². The Morgan fingerprint density at radius 3 is 2.38 bits per heavy atom. The van der Waals surface area contributed by atoms with E-state index in [0.29, 0.717) is 5.92 Å². The number of hydrogen-bond acceptors (Lipinski definition) is 3. The molecule has 6 heteroatoms. The van der Waals surface area contributed by atoms with Crippen LogP contribution in [-0.4, -0.2) is 54.5 Å². The van der Waals surface area contributed by atoms with Crippen molar-refractivity contribution in [2.24, 2.45) is 17.6 Å². The summed E-state index contributed by atoms with van der Waals surface area (Å²) in [6.45, 7) is 9.58. The molecule has 0 aromatic carbocycles. The smallest absolute Gasteiger partial charge is 0.239 e. The fourth-order valence-electron chi connectivity index (χ4n) is 3.31. The number of halogens is 2. The predicted molar refractivity (Wildman–Crippen MR) is 92.3 cm³/mol. The second-order valence-corrected chi connectivity index (χ2v) is 6.56. The number of nitrogens with zero attached hydrogens (tertiary/aromatic N) is 2. The van der Waals surface area contributed by atoms with Crippen LogP contribution in [0.15, 0.2) is 0 Å². The van der Waals surface area contributed by atoms with E-state index in [1.165, 1.54) is 32.4 Å². The van der Waals surface area contributed by atoms with Crippen LogP contribution in [0.4, 0.5) is 0 Å². The standard InChI is InChI=1S/C15H29N3O.2ClH/c1-12-5-8-17(9-6-12)10-14-4-3-7-18(11-14)15(19)13(2)16;;/h12-14H,3-11,16H2,1-2H3;2*1H/t13-,14?;;/m1../s1. The lowest BCUT2D eigenvalue weighted by molar-refractivity contribution is -0.134. The van der Waals surface area contributed by atoms with Crippen LogP contribution in [0.3, 0.4) is 0 Å². The number of nitrogens with two attached hydrogens (primary N) is 1. The molecule has 2 saturated heterocycles. The van der Waals surface area contributed by atoms with E-state index in [-0.39, 0.29) is 36.8 Å². The number of rotatable bonds is 3. The van der Waals surface area contributed by atoms with E-state index < -0.39 is 0 Å². The quantitative estimate of drug-likeness (QED) is 0.856. The van der Waals surface area contributed by atoms with Gasteiger partial charge >= 0.3 is 0 Å². The molecule has 0 bridgehead atoms. The van der Waals surface area contributed by atoms with Crippen molar-refractivity contribution in [1.82, 2.24) is 9.80 Å². The van der Waals surface area contributed by atoms with Gasteiger partial charge in [-0.15, -0.1) is 24.8 Å². The molecule has 4 nitrogen and oxygen atoms in total. The molecule has 0 radical (unpaired) electrons. The van der Waals surface area contributed by atoms with Crippen LogP contribution in [-0.2, 0) is 4.79 Å². The van der Waals surface area contributed by atoms with Gasteiger partial charge in [-0.05, 0) is 57.5 Å². The maximum Gasteiger partial charge on any atom is 0.239 e. The minimum absolute atomic E-state index is 0. The summed E-state index contributed by atoms with van der Waals surface area (Å²) in [6, 6.07) is -0.352. The highest BCUT2D eigenvalue weighted by molar-refractivity contribution is 5.85. The Balaban J connectivity index is 0.00000200. The van der Waals surface area contributed by atoms with Crippen molar-refractivity contribution in [2.75, 3.05) is 32.7 Å². The Hall–Kier alpha value is -0.0300. The van der Waals surface area contributed by atoms with E-state index in [1.807, 2.05) is 4.90 Å². The maximum atomic E-state index is 12.0. The van der Waals surface area contributed by atoms with Crippen molar-refractivity contribution >= 4 is 30.7 Å². The van der Waals surface area contributed by atoms with Crippen molar-refractivity contribution in [3.05, 3.63) is 0 Å². The molecule has 2 fully saturated rings. The van der Waals surface area contributed by atoms with Crippen LogP contribution in [0.25, 0.3) is 0 Å². The molecule has 1 amide bonds. The van der Waals surface area contributed by atoms with Gasteiger partial charge in [-0.3, -0.25) is 4.79 Å². The molecule has 0 spiro atoms. The second-order valence-electron chi connectivity index (χ2n) is 6.56. The van der Waals surface area contributed by atoms with Gasteiger partial charge in [0.1, 0.15) is 0 Å². The summed E-state index contributed by atoms with van der Waals surface area (Å²) in [7, 11) is 0. The summed E-state index contributed by atoms with van der Waals surface area (Å²) in [6.07, 6.45) is 5.05. The number of carbonyl (C=O) groups excluding carboxylic acids is 1. The molecule has 126 valence electrons. The summed E-state index contributed by atoms with van der Waals surface area (Å²) >= 11 is 0. The zero-order valence-corrected chi connectivity index (χ0v) is 14.9. The molecule has 2 rings (SSSR count). The second kappa shape index (κ2) is 9.88. The normalized spacial score (nSPS) is 25.7. The minimum Gasteiger partial charge on any atom is -0.341 e. The van der Waals surface area contributed by atoms with Crippen LogP contribution in [0, 0.1) is 11.8 Å². The van der Waals surface area contributed by atoms with Gasteiger partial charge in [0.05, 0.1) is 6.04 Å². The lowest BCUT2D eigenvalue weighted by Gasteiger charge is -2.38.